The third-order valence-corrected chi connectivity index (χ3v) is 4.74. The molecule has 1 saturated heterocycles. The Kier molecular flexibility index (Phi) is 2.84. The van der Waals surface area contributed by atoms with Crippen LogP contribution in [0.15, 0.2) is 6.20 Å². The van der Waals surface area contributed by atoms with Gasteiger partial charge in [-0.1, -0.05) is 25.6 Å². The van der Waals surface area contributed by atoms with Gasteiger partial charge in [0, 0.05) is 6.04 Å². The molecule has 18 heavy (non-hydrogen) atoms. The highest BCUT2D eigenvalue weighted by Gasteiger charge is 2.41. The van der Waals surface area contributed by atoms with Gasteiger partial charge in [0.25, 0.3) is 0 Å². The average molecular weight is 259 g/mol. The highest BCUT2D eigenvalue weighted by atomic mass is 28.3. The molecule has 1 aliphatic carbocycles. The van der Waals surface area contributed by atoms with Gasteiger partial charge in [-0.2, -0.15) is 0 Å². The highest BCUT2D eigenvalue weighted by molar-refractivity contribution is 6.83. The fraction of sp³-hybridized carbons (Fsp3) is 0.643. The second kappa shape index (κ2) is 4.25. The van der Waals surface area contributed by atoms with E-state index in [1.807, 2.05) is 6.20 Å². The SMILES string of the molecule is C[Si](C)(C)C#Cc1cnc([C@@H]2C[C@H]3CC[C@H]3N2)[nH]1. The minimum atomic E-state index is -1.30. The van der Waals surface area contributed by atoms with Crippen molar-refractivity contribution in [2.75, 3.05) is 0 Å². The maximum Gasteiger partial charge on any atom is 0.129 e. The second-order valence-electron chi connectivity index (χ2n) is 6.58. The molecular formula is C14H21N3Si. The first-order valence-corrected chi connectivity index (χ1v) is 10.4. The zero-order valence-corrected chi connectivity index (χ0v) is 12.4. The number of aromatic amines is 1. The zero-order chi connectivity index (χ0) is 12.8. The van der Waals surface area contributed by atoms with Gasteiger partial charge in [-0.05, 0) is 25.2 Å². The number of imidazole rings is 1. The van der Waals surface area contributed by atoms with Crippen molar-refractivity contribution in [3.63, 3.8) is 0 Å². The van der Waals surface area contributed by atoms with E-state index in [0.717, 1.165) is 23.5 Å². The van der Waals surface area contributed by atoms with Crippen LogP contribution in [0, 0.1) is 17.4 Å². The minimum Gasteiger partial charge on any atom is -0.334 e. The molecule has 0 unspecified atom stereocenters. The summed E-state index contributed by atoms with van der Waals surface area (Å²) >= 11 is 0. The lowest BCUT2D eigenvalue weighted by Gasteiger charge is -2.29. The van der Waals surface area contributed by atoms with Crippen molar-refractivity contribution in [1.29, 1.82) is 0 Å². The monoisotopic (exact) mass is 259 g/mol. The number of H-pyrrole nitrogens is 1. The highest BCUT2D eigenvalue weighted by Crippen LogP contribution is 2.41. The van der Waals surface area contributed by atoms with E-state index in [1.54, 1.807) is 0 Å². The molecule has 3 rings (SSSR count). The summed E-state index contributed by atoms with van der Waals surface area (Å²) < 4.78 is 0. The van der Waals surface area contributed by atoms with E-state index in [9.17, 15) is 0 Å². The molecule has 4 heteroatoms. The molecule has 2 N–H and O–H groups in total. The first kappa shape index (κ1) is 12.0. The van der Waals surface area contributed by atoms with Gasteiger partial charge in [0.2, 0.25) is 0 Å². The first-order valence-electron chi connectivity index (χ1n) is 6.85. The van der Waals surface area contributed by atoms with Gasteiger partial charge in [0.15, 0.2) is 0 Å². The molecule has 96 valence electrons. The van der Waals surface area contributed by atoms with Crippen molar-refractivity contribution >= 4 is 8.07 Å². The van der Waals surface area contributed by atoms with E-state index in [1.165, 1.54) is 19.3 Å². The molecule has 1 aliphatic heterocycles. The smallest absolute Gasteiger partial charge is 0.129 e. The summed E-state index contributed by atoms with van der Waals surface area (Å²) in [6.07, 6.45) is 5.84. The Morgan fingerprint density at radius 3 is 2.72 bits per heavy atom. The number of nitrogens with zero attached hydrogens (tertiary/aromatic N) is 1. The van der Waals surface area contributed by atoms with Crippen LogP contribution in [0.4, 0.5) is 0 Å². The number of hydrogen-bond donors (Lipinski definition) is 2. The predicted octanol–water partition coefficient (Wildman–Crippen LogP) is 2.45. The molecule has 0 aromatic carbocycles. The van der Waals surface area contributed by atoms with Gasteiger partial charge in [-0.15, -0.1) is 5.54 Å². The molecule has 1 aromatic heterocycles. The van der Waals surface area contributed by atoms with Gasteiger partial charge < -0.3 is 10.3 Å². The van der Waals surface area contributed by atoms with Gasteiger partial charge in [0.1, 0.15) is 19.6 Å². The van der Waals surface area contributed by atoms with Gasteiger partial charge in [-0.3, -0.25) is 0 Å². The zero-order valence-electron chi connectivity index (χ0n) is 11.4. The van der Waals surface area contributed by atoms with Crippen LogP contribution in [0.5, 0.6) is 0 Å². The van der Waals surface area contributed by atoms with Crippen LogP contribution in [0.2, 0.25) is 19.6 Å². The topological polar surface area (TPSA) is 40.7 Å². The van der Waals surface area contributed by atoms with E-state index >= 15 is 0 Å². The quantitative estimate of drug-likeness (QED) is 0.601. The number of fused-ring (bicyclic) bond motifs is 1. The summed E-state index contributed by atoms with van der Waals surface area (Å²) in [5.41, 5.74) is 4.34. The molecule has 0 amide bonds. The number of nitrogens with one attached hydrogen (secondary N) is 2. The summed E-state index contributed by atoms with van der Waals surface area (Å²) in [7, 11) is -1.30. The van der Waals surface area contributed by atoms with E-state index in [-0.39, 0.29) is 0 Å². The maximum absolute atomic E-state index is 4.49. The predicted molar refractivity (Wildman–Crippen MR) is 75.8 cm³/mol. The lowest BCUT2D eigenvalue weighted by atomic mass is 9.80. The lowest BCUT2D eigenvalue weighted by molar-refractivity contribution is 0.276. The number of rotatable bonds is 1. The molecule has 3 atom stereocenters. The molecule has 2 heterocycles. The third-order valence-electron chi connectivity index (χ3n) is 3.87. The largest absolute Gasteiger partial charge is 0.334 e. The Bertz CT molecular complexity index is 491. The van der Waals surface area contributed by atoms with Crippen molar-refractivity contribution < 1.29 is 0 Å². The number of hydrogen-bond acceptors (Lipinski definition) is 2. The first-order chi connectivity index (χ1) is 8.51. The van der Waals surface area contributed by atoms with Crippen molar-refractivity contribution in [1.82, 2.24) is 15.3 Å². The van der Waals surface area contributed by atoms with Crippen molar-refractivity contribution in [2.45, 2.75) is 51.0 Å². The van der Waals surface area contributed by atoms with E-state index in [2.05, 4.69) is 46.4 Å². The maximum atomic E-state index is 4.49. The Morgan fingerprint density at radius 1 is 1.33 bits per heavy atom. The molecule has 0 bridgehead atoms. The molecular weight excluding hydrogens is 238 g/mol. The molecule has 2 fully saturated rings. The third kappa shape index (κ3) is 2.38. The van der Waals surface area contributed by atoms with Gasteiger partial charge in [-0.25, -0.2) is 4.98 Å². The lowest BCUT2D eigenvalue weighted by Crippen LogP contribution is -2.35. The van der Waals surface area contributed by atoms with Crippen LogP contribution < -0.4 is 5.32 Å². The normalized spacial score (nSPS) is 30.3. The molecule has 1 saturated carbocycles. The fourth-order valence-electron chi connectivity index (χ4n) is 2.72. The Hall–Kier alpha value is -1.05. The van der Waals surface area contributed by atoms with Crippen LogP contribution in [0.3, 0.4) is 0 Å². The number of aromatic nitrogens is 2. The fourth-order valence-corrected chi connectivity index (χ4v) is 3.23. The van der Waals surface area contributed by atoms with Crippen molar-refractivity contribution in [2.24, 2.45) is 5.92 Å². The summed E-state index contributed by atoms with van der Waals surface area (Å²) in [6.45, 7) is 6.77. The summed E-state index contributed by atoms with van der Waals surface area (Å²) in [4.78, 5) is 7.86. The van der Waals surface area contributed by atoms with E-state index < -0.39 is 8.07 Å². The average Bonchev–Trinajstić information content (AvgIpc) is 2.81. The van der Waals surface area contributed by atoms with Crippen LogP contribution >= 0.6 is 0 Å². The Morgan fingerprint density at radius 2 is 2.17 bits per heavy atom. The van der Waals surface area contributed by atoms with Crippen molar-refractivity contribution in [3.05, 3.63) is 17.7 Å². The van der Waals surface area contributed by atoms with Crippen molar-refractivity contribution in [3.8, 4) is 11.5 Å². The summed E-state index contributed by atoms with van der Waals surface area (Å²) in [6, 6.07) is 1.17. The standard InChI is InChI=1S/C14H21N3Si/c1-18(2,3)7-6-11-9-15-14(16-11)13-8-10-4-5-12(10)17-13/h9-10,12-13,17H,4-5,8H2,1-3H3,(H,15,16)/t10-,12-,13+/m1/s1. The minimum absolute atomic E-state index is 0.421. The molecule has 2 aliphatic rings. The molecule has 0 spiro atoms. The second-order valence-corrected chi connectivity index (χ2v) is 11.3. The van der Waals surface area contributed by atoms with Crippen LogP contribution in [0.1, 0.15) is 36.8 Å². The van der Waals surface area contributed by atoms with Crippen LogP contribution in [-0.2, 0) is 0 Å². The van der Waals surface area contributed by atoms with E-state index in [0.29, 0.717) is 6.04 Å². The molecule has 1 aromatic rings. The van der Waals surface area contributed by atoms with Gasteiger partial charge >= 0.3 is 0 Å². The van der Waals surface area contributed by atoms with Gasteiger partial charge in [0.05, 0.1) is 12.2 Å². The van der Waals surface area contributed by atoms with E-state index in [4.69, 9.17) is 0 Å². The van der Waals surface area contributed by atoms with Crippen LogP contribution in [-0.4, -0.2) is 24.1 Å². The Balaban J connectivity index is 1.71. The Labute approximate surface area is 110 Å². The summed E-state index contributed by atoms with van der Waals surface area (Å²) in [5.74, 6) is 5.19. The molecule has 0 radical (unpaired) electrons. The van der Waals surface area contributed by atoms with Crippen LogP contribution in [0.25, 0.3) is 0 Å². The summed E-state index contributed by atoms with van der Waals surface area (Å²) in [5, 5.41) is 3.66. The molecule has 3 nitrogen and oxygen atoms in total.